The molecule has 42 heavy (non-hydrogen) atoms. The highest BCUT2D eigenvalue weighted by atomic mass is 16.5. The number of guanidine groups is 2. The highest BCUT2D eigenvalue weighted by molar-refractivity contribution is 5.98. The number of nitrogens with two attached hydrogens (primary N) is 2. The fourth-order valence-electron chi connectivity index (χ4n) is 6.37. The molecular formula is C26H33N10O6+. The van der Waals surface area contributed by atoms with Crippen molar-refractivity contribution in [1.82, 2.24) is 30.8 Å². The maximum Gasteiger partial charge on any atom is 0.343 e. The molecule has 16 heteroatoms. The van der Waals surface area contributed by atoms with Crippen LogP contribution in [0.15, 0.2) is 38.8 Å². The van der Waals surface area contributed by atoms with Crippen LogP contribution in [0.1, 0.15) is 46.7 Å². The van der Waals surface area contributed by atoms with Crippen LogP contribution in [-0.2, 0) is 5.41 Å². The van der Waals surface area contributed by atoms with Gasteiger partial charge in [0.15, 0.2) is 12.0 Å². The number of benzene rings is 1. The average molecular weight is 582 g/mol. The number of rotatable bonds is 5. The Morgan fingerprint density at radius 3 is 2.79 bits per heavy atom. The third kappa shape index (κ3) is 4.25. The average Bonchev–Trinajstić information content (AvgIpc) is 3.42. The number of aromatic nitrogens is 2. The van der Waals surface area contributed by atoms with E-state index in [9.17, 15) is 24.3 Å². The Morgan fingerprint density at radius 1 is 1.24 bits per heavy atom. The van der Waals surface area contributed by atoms with Gasteiger partial charge in [0.1, 0.15) is 23.6 Å². The summed E-state index contributed by atoms with van der Waals surface area (Å²) < 4.78 is 5.91. The van der Waals surface area contributed by atoms with Crippen molar-refractivity contribution in [2.75, 3.05) is 19.7 Å². The van der Waals surface area contributed by atoms with E-state index in [1.807, 2.05) is 17.1 Å². The standard InChI is InChI=1S/C26H32N10O6/c1-25(2)6-7-42-17-11(4-3-5-12(17)25)20(39)30-15-10-36-23(28)31-14(18-26(36,19(15)38)35-22(27)34-18)9-29-21(40)13-8-16(37)33-24(41)32-13/h3-5,8,14-15,18-19,38H,6-7,9-10H2,1-2H3,(H2,28,31)(H,29,40)(H,30,39)(H3,27,34,35)(H2,32,33,37,41)/p+1/t14-,15+,18?,19+,26?/m0/s1. The van der Waals surface area contributed by atoms with Gasteiger partial charge in [-0.15, -0.1) is 0 Å². The van der Waals surface area contributed by atoms with E-state index in [1.165, 1.54) is 0 Å². The van der Waals surface area contributed by atoms with E-state index in [0.29, 0.717) is 17.9 Å². The van der Waals surface area contributed by atoms with E-state index in [0.717, 1.165) is 18.1 Å². The van der Waals surface area contributed by atoms with E-state index in [-0.39, 0.29) is 36.1 Å². The molecule has 0 radical (unpaired) electrons. The second-order valence-corrected chi connectivity index (χ2v) is 11.6. The molecule has 2 amide bonds. The number of para-hydroxylation sites is 1. The van der Waals surface area contributed by atoms with E-state index < -0.39 is 53.0 Å². The van der Waals surface area contributed by atoms with Crippen LogP contribution in [0.4, 0.5) is 0 Å². The predicted molar refractivity (Wildman–Crippen MR) is 149 cm³/mol. The Kier molecular flexibility index (Phi) is 6.25. The molecule has 0 saturated carbocycles. The van der Waals surface area contributed by atoms with Gasteiger partial charge in [0.2, 0.25) is 5.66 Å². The van der Waals surface area contributed by atoms with Crippen molar-refractivity contribution in [1.29, 1.82) is 0 Å². The van der Waals surface area contributed by atoms with E-state index in [1.54, 1.807) is 11.0 Å². The number of hydrogen-bond acceptors (Lipinski definition) is 11. The van der Waals surface area contributed by atoms with Gasteiger partial charge < -0.3 is 36.1 Å². The smallest absolute Gasteiger partial charge is 0.343 e. The fraction of sp³-hybridized carbons (Fsp3) is 0.462. The Bertz CT molecular complexity index is 1620. The van der Waals surface area contributed by atoms with Crippen molar-refractivity contribution in [3.8, 4) is 5.75 Å². The zero-order valence-electron chi connectivity index (χ0n) is 23.0. The lowest BCUT2D eigenvalue weighted by atomic mass is 9.79. The van der Waals surface area contributed by atoms with Gasteiger partial charge in [-0.25, -0.2) is 15.1 Å². The Balaban J connectivity index is 1.23. The number of fused-ring (bicyclic) bond motifs is 1. The number of nitrogens with zero attached hydrogens (tertiary/aromatic N) is 2. The van der Waals surface area contributed by atoms with Crippen molar-refractivity contribution in [2.45, 2.75) is 55.6 Å². The highest BCUT2D eigenvalue weighted by Gasteiger charge is 2.68. The first kappa shape index (κ1) is 27.3. The monoisotopic (exact) mass is 581 g/mol. The summed E-state index contributed by atoms with van der Waals surface area (Å²) in [5.41, 5.74) is 10.6. The molecule has 2 aromatic rings. The lowest BCUT2D eigenvalue weighted by molar-refractivity contribution is -0.513. The van der Waals surface area contributed by atoms with Crippen molar-refractivity contribution in [3.63, 3.8) is 0 Å². The van der Waals surface area contributed by atoms with Gasteiger partial charge in [-0.2, -0.15) is 0 Å². The number of aliphatic hydroxyl groups excluding tert-OH is 1. The van der Waals surface area contributed by atoms with Crippen molar-refractivity contribution < 1.29 is 24.4 Å². The van der Waals surface area contributed by atoms with E-state index in [2.05, 4.69) is 44.8 Å². The van der Waals surface area contributed by atoms with Gasteiger partial charge in [-0.05, 0) is 17.9 Å². The number of aromatic amines is 2. The van der Waals surface area contributed by atoms with Crippen LogP contribution in [0.5, 0.6) is 5.75 Å². The second kappa shape index (κ2) is 9.61. The van der Waals surface area contributed by atoms with Crippen LogP contribution in [0.2, 0.25) is 0 Å². The van der Waals surface area contributed by atoms with E-state index in [4.69, 9.17) is 16.2 Å². The fourth-order valence-corrected chi connectivity index (χ4v) is 6.37. The molecule has 0 bridgehead atoms. The maximum absolute atomic E-state index is 13.5. The Hall–Kier alpha value is -4.86. The molecule has 4 aliphatic rings. The topological polar surface area (TPSA) is 247 Å². The Morgan fingerprint density at radius 2 is 2.02 bits per heavy atom. The van der Waals surface area contributed by atoms with Crippen LogP contribution in [0, 0.1) is 0 Å². The number of amides is 2. The van der Waals surface area contributed by atoms with E-state index >= 15 is 0 Å². The first-order chi connectivity index (χ1) is 19.9. The largest absolute Gasteiger partial charge is 0.492 e. The summed E-state index contributed by atoms with van der Waals surface area (Å²) in [5, 5.41) is 20.4. The minimum absolute atomic E-state index is 0.0667. The summed E-state index contributed by atoms with van der Waals surface area (Å²) in [4.78, 5) is 62.9. The first-order valence-corrected chi connectivity index (χ1v) is 13.6. The molecule has 2 unspecified atom stereocenters. The van der Waals surface area contributed by atoms with Gasteiger partial charge in [-0.1, -0.05) is 26.0 Å². The Labute approximate surface area is 238 Å². The molecule has 5 atom stereocenters. The molecule has 0 aliphatic carbocycles. The molecule has 6 rings (SSSR count). The van der Waals surface area contributed by atoms with Crippen molar-refractivity contribution in [3.05, 3.63) is 61.9 Å². The molecule has 1 aromatic heterocycles. The quantitative estimate of drug-likeness (QED) is 0.163. The third-order valence-electron chi connectivity index (χ3n) is 8.49. The van der Waals surface area contributed by atoms with Crippen LogP contribution in [0.25, 0.3) is 0 Å². The molecule has 1 fully saturated rings. The van der Waals surface area contributed by atoms with Crippen LogP contribution >= 0.6 is 0 Å². The molecule has 1 spiro atoms. The minimum Gasteiger partial charge on any atom is -0.492 e. The SMILES string of the molecule is CC1(C)CCOc2c(C(=O)N[C@@H]3CN4C(N)=N[C@@H](CNC(=O)c5cc(=O)[nH]c(=O)[nH]5)C5[NH+]=C(N)NC54[C@@H]3O)cccc21. The number of aliphatic imine (C=N–C) groups is 1. The number of carbonyl (C=O) groups is 2. The molecular weight excluding hydrogens is 548 g/mol. The molecule has 1 aromatic carbocycles. The predicted octanol–water partition coefficient (Wildman–Crippen LogP) is -4.91. The first-order valence-electron chi connectivity index (χ1n) is 13.6. The van der Waals surface area contributed by atoms with Gasteiger partial charge in [0, 0.05) is 24.7 Å². The maximum atomic E-state index is 13.5. The minimum atomic E-state index is -1.30. The summed E-state index contributed by atoms with van der Waals surface area (Å²) in [6.07, 6.45) is -0.392. The molecule has 1 saturated heterocycles. The number of carbonyl (C=O) groups excluding carboxylic acids is 2. The summed E-state index contributed by atoms with van der Waals surface area (Å²) >= 11 is 0. The molecule has 16 nitrogen and oxygen atoms in total. The zero-order chi connectivity index (χ0) is 30.0. The number of H-pyrrole nitrogens is 2. The summed E-state index contributed by atoms with van der Waals surface area (Å²) in [7, 11) is 0. The molecule has 5 heterocycles. The molecule has 222 valence electrons. The van der Waals surface area contributed by atoms with Crippen LogP contribution in [-0.4, -0.2) is 93.3 Å². The normalized spacial score (nSPS) is 28.7. The van der Waals surface area contributed by atoms with Gasteiger partial charge in [-0.3, -0.25) is 30.1 Å². The van der Waals surface area contributed by atoms with Gasteiger partial charge >= 0.3 is 11.6 Å². The second-order valence-electron chi connectivity index (χ2n) is 11.6. The highest BCUT2D eigenvalue weighted by Crippen LogP contribution is 2.41. The summed E-state index contributed by atoms with van der Waals surface area (Å²) in [5.74, 6) is -0.360. The lowest BCUT2D eigenvalue weighted by Gasteiger charge is -2.43. The van der Waals surface area contributed by atoms with Crippen molar-refractivity contribution in [2.24, 2.45) is 16.5 Å². The van der Waals surface area contributed by atoms with Gasteiger partial charge in [0.05, 0.1) is 18.2 Å². The lowest BCUT2D eigenvalue weighted by Crippen LogP contribution is -2.88. The van der Waals surface area contributed by atoms with Crippen LogP contribution < -0.4 is 48.4 Å². The summed E-state index contributed by atoms with van der Waals surface area (Å²) in [6.45, 7) is 4.74. The summed E-state index contributed by atoms with van der Waals surface area (Å²) in [6, 6.07) is 4.22. The molecule has 4 aliphatic heterocycles. The van der Waals surface area contributed by atoms with Crippen LogP contribution in [0.3, 0.4) is 0 Å². The third-order valence-corrected chi connectivity index (χ3v) is 8.49. The molecule has 11 N–H and O–H groups in total. The number of aliphatic hydroxyl groups is 1. The number of hydrogen-bond donors (Lipinski definition) is 9. The number of ether oxygens (including phenoxy) is 1. The van der Waals surface area contributed by atoms with Gasteiger partial charge in [0.25, 0.3) is 17.4 Å². The zero-order valence-corrected chi connectivity index (χ0v) is 23.0. The number of nitrogens with one attached hydrogen (secondary N) is 6. The van der Waals surface area contributed by atoms with Crippen molar-refractivity contribution >= 4 is 23.7 Å².